The minimum Gasteiger partial charge on any atom is -0.397 e. The number of likely N-dealkylation sites (tertiary alicyclic amines) is 1. The number of hydrogen-bond donors (Lipinski definition) is 2. The zero-order valence-corrected chi connectivity index (χ0v) is 14.8. The lowest BCUT2D eigenvalue weighted by molar-refractivity contribution is -0.142. The molecule has 1 aromatic rings. The van der Waals surface area contributed by atoms with Gasteiger partial charge in [0, 0.05) is 18.5 Å². The van der Waals surface area contributed by atoms with Gasteiger partial charge in [-0.25, -0.2) is 0 Å². The Labute approximate surface area is 144 Å². The third kappa shape index (κ3) is 4.86. The molecule has 0 spiro atoms. The molecule has 1 aliphatic heterocycles. The van der Waals surface area contributed by atoms with Crippen LogP contribution in [0.3, 0.4) is 0 Å². The second-order valence-electron chi connectivity index (χ2n) is 6.92. The van der Waals surface area contributed by atoms with Crippen LogP contribution in [0.2, 0.25) is 0 Å². The van der Waals surface area contributed by atoms with Crippen molar-refractivity contribution >= 4 is 35.6 Å². The summed E-state index contributed by atoms with van der Waals surface area (Å²) in [5.74, 6) is -0.145. The van der Waals surface area contributed by atoms with Gasteiger partial charge in [0.2, 0.25) is 11.8 Å². The summed E-state index contributed by atoms with van der Waals surface area (Å²) in [7, 11) is 0. The molecule has 3 N–H and O–H groups in total. The first kappa shape index (κ1) is 19.3. The number of carbonyl (C=O) groups is 2. The average molecular weight is 340 g/mol. The Kier molecular flexibility index (Phi) is 6.45. The summed E-state index contributed by atoms with van der Waals surface area (Å²) in [6.07, 6.45) is 1.65. The number of nitrogens with one attached hydrogen (secondary N) is 1. The quantitative estimate of drug-likeness (QED) is 0.813. The lowest BCUT2D eigenvalue weighted by Crippen LogP contribution is -2.47. The van der Waals surface area contributed by atoms with Gasteiger partial charge in [-0.05, 0) is 25.0 Å². The van der Waals surface area contributed by atoms with Gasteiger partial charge in [-0.1, -0.05) is 32.9 Å². The summed E-state index contributed by atoms with van der Waals surface area (Å²) in [5.41, 5.74) is 6.62. The molecule has 1 aliphatic rings. The lowest BCUT2D eigenvalue weighted by Gasteiger charge is -2.35. The van der Waals surface area contributed by atoms with Gasteiger partial charge < -0.3 is 16.0 Å². The maximum Gasteiger partial charge on any atom is 0.229 e. The molecule has 6 heteroatoms. The summed E-state index contributed by atoms with van der Waals surface area (Å²) < 4.78 is 0. The number of halogens is 1. The van der Waals surface area contributed by atoms with Crippen molar-refractivity contribution in [2.45, 2.75) is 33.6 Å². The predicted molar refractivity (Wildman–Crippen MR) is 95.5 cm³/mol. The number of amides is 2. The molecule has 1 fully saturated rings. The first-order valence-electron chi connectivity index (χ1n) is 7.74. The Bertz CT molecular complexity index is 569. The Balaban J connectivity index is 0.00000264. The van der Waals surface area contributed by atoms with E-state index < -0.39 is 5.41 Å². The van der Waals surface area contributed by atoms with Crippen LogP contribution in [0, 0.1) is 11.3 Å². The second-order valence-corrected chi connectivity index (χ2v) is 6.92. The normalized spacial score (nSPS) is 18.0. The van der Waals surface area contributed by atoms with Crippen LogP contribution in [0.1, 0.15) is 33.6 Å². The Hall–Kier alpha value is -1.75. The zero-order chi connectivity index (χ0) is 16.3. The summed E-state index contributed by atoms with van der Waals surface area (Å²) in [4.78, 5) is 26.6. The van der Waals surface area contributed by atoms with E-state index >= 15 is 0 Å². The zero-order valence-electron chi connectivity index (χ0n) is 14.0. The molecule has 0 bridgehead atoms. The standard InChI is InChI=1S/C17H25N3O2.ClH/c1-17(2,3)16(22)20-10-6-7-12(11-20)15(21)19-14-9-5-4-8-13(14)18;/h4-5,8-9,12H,6-7,10-11,18H2,1-3H3,(H,19,21);1H. The maximum atomic E-state index is 12.4. The fraction of sp³-hybridized carbons (Fsp3) is 0.529. The number of nitrogens with zero attached hydrogens (tertiary/aromatic N) is 1. The van der Waals surface area contributed by atoms with Gasteiger partial charge in [-0.2, -0.15) is 0 Å². The van der Waals surface area contributed by atoms with Crippen molar-refractivity contribution in [1.29, 1.82) is 0 Å². The van der Waals surface area contributed by atoms with E-state index in [0.717, 1.165) is 19.4 Å². The molecule has 0 aliphatic carbocycles. The highest BCUT2D eigenvalue weighted by Gasteiger charge is 2.33. The molecule has 0 radical (unpaired) electrons. The molecule has 128 valence electrons. The summed E-state index contributed by atoms with van der Waals surface area (Å²) in [5, 5.41) is 2.88. The van der Waals surface area contributed by atoms with Crippen LogP contribution in [0.25, 0.3) is 0 Å². The molecule has 0 aromatic heterocycles. The monoisotopic (exact) mass is 339 g/mol. The van der Waals surface area contributed by atoms with E-state index in [-0.39, 0.29) is 30.1 Å². The molecule has 2 amide bonds. The van der Waals surface area contributed by atoms with Crippen LogP contribution in [0.4, 0.5) is 11.4 Å². The third-order valence-corrected chi connectivity index (χ3v) is 3.94. The van der Waals surface area contributed by atoms with Gasteiger partial charge in [0.15, 0.2) is 0 Å². The van der Waals surface area contributed by atoms with Crippen molar-refractivity contribution in [2.24, 2.45) is 11.3 Å². The molecule has 1 heterocycles. The van der Waals surface area contributed by atoms with E-state index in [1.54, 1.807) is 12.1 Å². The van der Waals surface area contributed by atoms with Gasteiger partial charge in [-0.3, -0.25) is 9.59 Å². The van der Waals surface area contributed by atoms with E-state index in [9.17, 15) is 9.59 Å². The van der Waals surface area contributed by atoms with Crippen molar-refractivity contribution in [3.63, 3.8) is 0 Å². The van der Waals surface area contributed by atoms with E-state index in [4.69, 9.17) is 5.73 Å². The highest BCUT2D eigenvalue weighted by molar-refractivity contribution is 5.95. The van der Waals surface area contributed by atoms with Gasteiger partial charge in [0.25, 0.3) is 0 Å². The number of benzene rings is 1. The predicted octanol–water partition coefficient (Wildman–Crippen LogP) is 2.91. The highest BCUT2D eigenvalue weighted by Crippen LogP contribution is 2.25. The maximum absolute atomic E-state index is 12.4. The van der Waals surface area contributed by atoms with E-state index in [1.807, 2.05) is 37.8 Å². The fourth-order valence-corrected chi connectivity index (χ4v) is 2.70. The largest absolute Gasteiger partial charge is 0.397 e. The van der Waals surface area contributed by atoms with Crippen LogP contribution < -0.4 is 11.1 Å². The highest BCUT2D eigenvalue weighted by atomic mass is 35.5. The molecular formula is C17H26ClN3O2. The third-order valence-electron chi connectivity index (χ3n) is 3.94. The molecule has 1 saturated heterocycles. The van der Waals surface area contributed by atoms with E-state index in [0.29, 0.717) is 17.9 Å². The van der Waals surface area contributed by atoms with Gasteiger partial charge in [0.05, 0.1) is 17.3 Å². The molecule has 1 aromatic carbocycles. The van der Waals surface area contributed by atoms with Gasteiger partial charge in [0.1, 0.15) is 0 Å². The number of anilines is 2. The number of hydrogen-bond acceptors (Lipinski definition) is 3. The van der Waals surface area contributed by atoms with Crippen molar-refractivity contribution in [1.82, 2.24) is 4.90 Å². The Morgan fingerprint density at radius 1 is 1.26 bits per heavy atom. The van der Waals surface area contributed by atoms with E-state index in [2.05, 4.69) is 5.32 Å². The summed E-state index contributed by atoms with van der Waals surface area (Å²) in [6.45, 7) is 6.93. The molecule has 23 heavy (non-hydrogen) atoms. The van der Waals surface area contributed by atoms with Crippen LogP contribution in [-0.2, 0) is 9.59 Å². The Morgan fingerprint density at radius 3 is 2.52 bits per heavy atom. The fourth-order valence-electron chi connectivity index (χ4n) is 2.70. The Morgan fingerprint density at radius 2 is 1.91 bits per heavy atom. The lowest BCUT2D eigenvalue weighted by atomic mass is 9.91. The van der Waals surface area contributed by atoms with Crippen molar-refractivity contribution in [2.75, 3.05) is 24.1 Å². The second kappa shape index (κ2) is 7.68. The summed E-state index contributed by atoms with van der Waals surface area (Å²) >= 11 is 0. The summed E-state index contributed by atoms with van der Waals surface area (Å²) in [6, 6.07) is 7.21. The first-order chi connectivity index (χ1) is 10.3. The molecule has 2 rings (SSSR count). The van der Waals surface area contributed by atoms with Gasteiger partial charge >= 0.3 is 0 Å². The molecular weight excluding hydrogens is 314 g/mol. The van der Waals surface area contributed by atoms with Crippen molar-refractivity contribution in [3.8, 4) is 0 Å². The molecule has 5 nitrogen and oxygen atoms in total. The van der Waals surface area contributed by atoms with Crippen LogP contribution >= 0.6 is 12.4 Å². The number of rotatable bonds is 2. The minimum absolute atomic E-state index is 0. The van der Waals surface area contributed by atoms with Crippen LogP contribution in [0.15, 0.2) is 24.3 Å². The number of carbonyl (C=O) groups excluding carboxylic acids is 2. The van der Waals surface area contributed by atoms with Crippen LogP contribution in [-0.4, -0.2) is 29.8 Å². The number of nitrogen functional groups attached to an aromatic ring is 1. The van der Waals surface area contributed by atoms with Crippen molar-refractivity contribution in [3.05, 3.63) is 24.3 Å². The number of nitrogens with two attached hydrogens (primary N) is 1. The average Bonchev–Trinajstić information content (AvgIpc) is 2.48. The van der Waals surface area contributed by atoms with Crippen molar-refractivity contribution < 1.29 is 9.59 Å². The van der Waals surface area contributed by atoms with Crippen LogP contribution in [0.5, 0.6) is 0 Å². The topological polar surface area (TPSA) is 75.4 Å². The molecule has 1 atom stereocenters. The minimum atomic E-state index is -0.414. The molecule has 0 saturated carbocycles. The smallest absolute Gasteiger partial charge is 0.229 e. The SMILES string of the molecule is CC(C)(C)C(=O)N1CCCC(C(=O)Nc2ccccc2N)C1.Cl. The van der Waals surface area contributed by atoms with E-state index in [1.165, 1.54) is 0 Å². The number of para-hydroxylation sites is 2. The van der Waals surface area contributed by atoms with Gasteiger partial charge in [-0.15, -0.1) is 12.4 Å². The molecule has 1 unspecified atom stereocenters. The first-order valence-corrected chi connectivity index (χ1v) is 7.74. The number of piperidine rings is 1.